The van der Waals surface area contributed by atoms with Crippen LogP contribution in [-0.2, 0) is 10.2 Å². The molecule has 0 saturated carbocycles. The van der Waals surface area contributed by atoms with E-state index in [4.69, 9.17) is 5.11 Å². The lowest BCUT2D eigenvalue weighted by Crippen LogP contribution is -2.32. The van der Waals surface area contributed by atoms with Crippen LogP contribution < -0.4 is 0 Å². The van der Waals surface area contributed by atoms with Gasteiger partial charge in [-0.25, -0.2) is 0 Å². The van der Waals surface area contributed by atoms with Gasteiger partial charge in [-0.1, -0.05) is 31.5 Å². The lowest BCUT2D eigenvalue weighted by Gasteiger charge is -2.35. The molecule has 1 aliphatic heterocycles. The van der Waals surface area contributed by atoms with E-state index in [1.54, 1.807) is 0 Å². The van der Waals surface area contributed by atoms with Crippen molar-refractivity contribution < 1.29 is 9.90 Å². The number of hydrogen-bond acceptors (Lipinski definition) is 2. The van der Waals surface area contributed by atoms with Crippen LogP contribution in [0.3, 0.4) is 0 Å². The molecule has 0 aliphatic carbocycles. The second-order valence-corrected chi connectivity index (χ2v) is 6.28. The zero-order chi connectivity index (χ0) is 11.9. The van der Waals surface area contributed by atoms with Crippen molar-refractivity contribution in [3.05, 3.63) is 29.3 Å². The fourth-order valence-electron chi connectivity index (χ4n) is 2.18. The second kappa shape index (κ2) is 3.81. The molecule has 0 amide bonds. The molecular weight excluding hydrogens is 220 g/mol. The van der Waals surface area contributed by atoms with Gasteiger partial charge in [-0.15, -0.1) is 11.8 Å². The molecule has 0 fully saturated rings. The second-order valence-electron chi connectivity index (χ2n) is 5.03. The highest BCUT2D eigenvalue weighted by Gasteiger charge is 2.36. The van der Waals surface area contributed by atoms with Gasteiger partial charge in [-0.05, 0) is 30.4 Å². The maximum atomic E-state index is 11.1. The molecule has 1 unspecified atom stereocenters. The van der Waals surface area contributed by atoms with Crippen LogP contribution in [0, 0.1) is 6.92 Å². The van der Waals surface area contributed by atoms with Crippen LogP contribution in [-0.4, -0.2) is 16.3 Å². The minimum Gasteiger partial charge on any atom is -0.480 e. The average molecular weight is 236 g/mol. The van der Waals surface area contributed by atoms with E-state index in [1.807, 2.05) is 12.1 Å². The predicted molar refractivity (Wildman–Crippen MR) is 66.1 cm³/mol. The minimum atomic E-state index is -0.704. The van der Waals surface area contributed by atoms with Gasteiger partial charge in [0.05, 0.1) is 0 Å². The van der Waals surface area contributed by atoms with Crippen molar-refractivity contribution in [3.63, 3.8) is 0 Å². The molecule has 2 nitrogen and oxygen atoms in total. The average Bonchev–Trinajstić information content (AvgIpc) is 2.18. The number of carboxylic acid groups (broad SMARTS) is 1. The van der Waals surface area contributed by atoms with Crippen molar-refractivity contribution in [1.82, 2.24) is 0 Å². The number of fused-ring (bicyclic) bond motifs is 1. The number of hydrogen-bond donors (Lipinski definition) is 1. The maximum Gasteiger partial charge on any atom is 0.317 e. The third-order valence-electron chi connectivity index (χ3n) is 3.10. The first-order valence-corrected chi connectivity index (χ1v) is 6.29. The Kier molecular flexibility index (Phi) is 2.74. The Bertz CT molecular complexity index is 438. The summed E-state index contributed by atoms with van der Waals surface area (Å²) >= 11 is 1.48. The summed E-state index contributed by atoms with van der Waals surface area (Å²) < 4.78 is 0. The van der Waals surface area contributed by atoms with Gasteiger partial charge >= 0.3 is 5.97 Å². The number of benzene rings is 1. The Morgan fingerprint density at radius 1 is 1.50 bits per heavy atom. The van der Waals surface area contributed by atoms with Crippen molar-refractivity contribution in [2.75, 3.05) is 0 Å². The number of thioether (sulfide) groups is 1. The molecule has 0 bridgehead atoms. The number of rotatable bonds is 1. The molecule has 2 rings (SSSR count). The molecular formula is C13H16O2S. The van der Waals surface area contributed by atoms with Gasteiger partial charge < -0.3 is 5.11 Å². The minimum absolute atomic E-state index is 0.0460. The van der Waals surface area contributed by atoms with Gasteiger partial charge in [-0.2, -0.15) is 0 Å². The Balaban J connectivity index is 2.47. The molecule has 0 saturated heterocycles. The van der Waals surface area contributed by atoms with E-state index in [0.29, 0.717) is 6.42 Å². The van der Waals surface area contributed by atoms with Crippen molar-refractivity contribution in [3.8, 4) is 0 Å². The number of aliphatic carboxylic acids is 1. The van der Waals surface area contributed by atoms with Crippen molar-refractivity contribution in [2.24, 2.45) is 0 Å². The fraction of sp³-hybridized carbons (Fsp3) is 0.462. The Labute approximate surface area is 100 Å². The first kappa shape index (κ1) is 11.5. The number of carbonyl (C=O) groups is 1. The summed E-state index contributed by atoms with van der Waals surface area (Å²) in [6.07, 6.45) is 0.698. The Morgan fingerprint density at radius 3 is 2.81 bits per heavy atom. The van der Waals surface area contributed by atoms with Gasteiger partial charge in [0.25, 0.3) is 0 Å². The van der Waals surface area contributed by atoms with Gasteiger partial charge in [-0.3, -0.25) is 4.79 Å². The van der Waals surface area contributed by atoms with Crippen LogP contribution >= 0.6 is 11.8 Å². The summed E-state index contributed by atoms with van der Waals surface area (Å²) in [5.41, 5.74) is 2.48. The molecule has 1 aromatic carbocycles. The molecule has 1 aliphatic rings. The predicted octanol–water partition coefficient (Wildman–Crippen LogP) is 3.22. The van der Waals surface area contributed by atoms with E-state index in [1.165, 1.54) is 22.9 Å². The molecule has 1 N–H and O–H groups in total. The molecule has 16 heavy (non-hydrogen) atoms. The van der Waals surface area contributed by atoms with E-state index in [9.17, 15) is 4.79 Å². The molecule has 1 aromatic rings. The highest BCUT2D eigenvalue weighted by Crippen LogP contribution is 2.45. The standard InChI is InChI=1S/C13H16O2S/c1-8-4-5-10-9(6-8)13(2,3)7-11(16-10)12(14)15/h4-6,11H,7H2,1-3H3,(H,14,15). The van der Waals surface area contributed by atoms with Gasteiger partial charge in [0.1, 0.15) is 5.25 Å². The normalized spacial score (nSPS) is 22.6. The molecule has 0 radical (unpaired) electrons. The molecule has 86 valence electrons. The summed E-state index contributed by atoms with van der Waals surface area (Å²) in [4.78, 5) is 12.2. The number of aryl methyl sites for hydroxylation is 1. The highest BCUT2D eigenvalue weighted by atomic mass is 32.2. The molecule has 0 aromatic heterocycles. The van der Waals surface area contributed by atoms with Crippen LogP contribution in [0.4, 0.5) is 0 Å². The molecule has 1 atom stereocenters. The summed E-state index contributed by atoms with van der Waals surface area (Å²) in [7, 11) is 0. The van der Waals surface area contributed by atoms with E-state index in [2.05, 4.69) is 26.8 Å². The van der Waals surface area contributed by atoms with Crippen LogP contribution in [0.15, 0.2) is 23.1 Å². The van der Waals surface area contributed by atoms with Crippen molar-refractivity contribution in [2.45, 2.75) is 42.8 Å². The van der Waals surface area contributed by atoms with Gasteiger partial charge in [0.15, 0.2) is 0 Å². The SMILES string of the molecule is Cc1ccc2c(c1)C(C)(C)CC(C(=O)O)S2. The molecule has 3 heteroatoms. The Hall–Kier alpha value is -0.960. The summed E-state index contributed by atoms with van der Waals surface area (Å²) in [5, 5.41) is 8.82. The van der Waals surface area contributed by atoms with Crippen molar-refractivity contribution >= 4 is 17.7 Å². The van der Waals surface area contributed by atoms with E-state index < -0.39 is 5.97 Å². The Morgan fingerprint density at radius 2 is 2.19 bits per heavy atom. The fourth-order valence-corrected chi connectivity index (χ4v) is 3.70. The van der Waals surface area contributed by atoms with Gasteiger partial charge in [0, 0.05) is 4.90 Å². The smallest absolute Gasteiger partial charge is 0.317 e. The van der Waals surface area contributed by atoms with Crippen LogP contribution in [0.5, 0.6) is 0 Å². The zero-order valence-corrected chi connectivity index (χ0v) is 10.6. The monoisotopic (exact) mass is 236 g/mol. The van der Waals surface area contributed by atoms with E-state index in [-0.39, 0.29) is 10.7 Å². The van der Waals surface area contributed by atoms with E-state index in [0.717, 1.165) is 4.90 Å². The highest BCUT2D eigenvalue weighted by molar-refractivity contribution is 8.00. The van der Waals surface area contributed by atoms with Crippen LogP contribution in [0.25, 0.3) is 0 Å². The number of carboxylic acids is 1. The maximum absolute atomic E-state index is 11.1. The van der Waals surface area contributed by atoms with E-state index >= 15 is 0 Å². The summed E-state index contributed by atoms with van der Waals surface area (Å²) in [5.74, 6) is -0.704. The quantitative estimate of drug-likeness (QED) is 0.813. The lowest BCUT2D eigenvalue weighted by molar-refractivity contribution is -0.136. The summed E-state index contributed by atoms with van der Waals surface area (Å²) in [6.45, 7) is 6.33. The zero-order valence-electron chi connectivity index (χ0n) is 9.78. The largest absolute Gasteiger partial charge is 0.480 e. The van der Waals surface area contributed by atoms with Crippen molar-refractivity contribution in [1.29, 1.82) is 0 Å². The van der Waals surface area contributed by atoms with Crippen LogP contribution in [0.1, 0.15) is 31.4 Å². The molecule has 1 heterocycles. The first-order valence-electron chi connectivity index (χ1n) is 5.41. The topological polar surface area (TPSA) is 37.3 Å². The third kappa shape index (κ3) is 1.96. The third-order valence-corrected chi connectivity index (χ3v) is 4.37. The lowest BCUT2D eigenvalue weighted by atomic mass is 9.79. The first-order chi connectivity index (χ1) is 7.40. The van der Waals surface area contributed by atoms with Gasteiger partial charge in [0.2, 0.25) is 0 Å². The van der Waals surface area contributed by atoms with Crippen LogP contribution in [0.2, 0.25) is 0 Å². The molecule has 0 spiro atoms. The summed E-state index contributed by atoms with van der Waals surface area (Å²) in [6, 6.07) is 6.28.